The van der Waals surface area contributed by atoms with E-state index < -0.39 is 12.1 Å². The summed E-state index contributed by atoms with van der Waals surface area (Å²) >= 11 is 5.81. The molecule has 5 heteroatoms. The minimum absolute atomic E-state index is 0.0216. The van der Waals surface area contributed by atoms with Crippen LogP contribution in [0, 0.1) is 0 Å². The molecule has 0 fully saturated rings. The molecule has 0 aromatic heterocycles. The number of benzene rings is 1. The Hall–Kier alpha value is -1.52. The van der Waals surface area contributed by atoms with Crippen LogP contribution in [0.5, 0.6) is 0 Å². The molecule has 0 spiro atoms. The molecule has 0 aliphatic rings. The van der Waals surface area contributed by atoms with Gasteiger partial charge in [-0.15, -0.1) is 5.76 Å². The van der Waals surface area contributed by atoms with E-state index in [4.69, 9.17) is 21.1 Å². The van der Waals surface area contributed by atoms with E-state index in [2.05, 4.69) is 0 Å². The topological polar surface area (TPSA) is 58.6 Å². The summed E-state index contributed by atoms with van der Waals surface area (Å²) in [4.78, 5) is 11.8. The summed E-state index contributed by atoms with van der Waals surface area (Å²) in [6, 6.07) is 6.76. The first kappa shape index (κ1) is 15.5. The van der Waals surface area contributed by atoms with Gasteiger partial charge in [-0.2, -0.15) is 0 Å². The van der Waals surface area contributed by atoms with E-state index in [0.717, 1.165) is 0 Å². The fourth-order valence-electron chi connectivity index (χ4n) is 1.70. The van der Waals surface area contributed by atoms with Crippen LogP contribution in [0.2, 0.25) is 5.02 Å². The molecule has 1 rings (SSSR count). The molecule has 0 aliphatic heterocycles. The molecule has 1 atom stereocenters. The highest BCUT2D eigenvalue weighted by molar-refractivity contribution is 6.30. The predicted molar refractivity (Wildman–Crippen MR) is 70.5 cm³/mol. The lowest BCUT2D eigenvalue weighted by molar-refractivity contribution is -0.304. The van der Waals surface area contributed by atoms with E-state index >= 15 is 0 Å². The van der Waals surface area contributed by atoms with Gasteiger partial charge in [-0.05, 0) is 24.6 Å². The van der Waals surface area contributed by atoms with Gasteiger partial charge in [-0.25, -0.2) is 4.79 Å². The van der Waals surface area contributed by atoms with Gasteiger partial charge >= 0.3 is 5.97 Å². The van der Waals surface area contributed by atoms with Crippen LogP contribution in [0.15, 0.2) is 35.6 Å². The van der Waals surface area contributed by atoms with Crippen molar-refractivity contribution in [2.45, 2.75) is 20.0 Å². The zero-order chi connectivity index (χ0) is 14.4. The highest BCUT2D eigenvalue weighted by Crippen LogP contribution is 2.28. The number of hydrogen-bond donors (Lipinski definition) is 0. The zero-order valence-electron chi connectivity index (χ0n) is 11.1. The molecule has 0 heterocycles. The Balaban J connectivity index is 3.15. The number of esters is 1. The average Bonchev–Trinajstić information content (AvgIpc) is 2.36. The minimum atomic E-state index is -0.756. The maximum absolute atomic E-state index is 11.8. The third-order valence-electron chi connectivity index (χ3n) is 2.55. The lowest BCUT2D eigenvalue weighted by atomic mass is 10.0. The Labute approximate surface area is 117 Å². The van der Waals surface area contributed by atoms with E-state index in [1.54, 1.807) is 31.2 Å². The second kappa shape index (κ2) is 7.16. The first-order valence-electron chi connectivity index (χ1n) is 5.84. The zero-order valence-corrected chi connectivity index (χ0v) is 11.9. The summed E-state index contributed by atoms with van der Waals surface area (Å²) in [6.07, 6.45) is -0.756. The number of allylic oxidation sites excluding steroid dienone is 1. The normalized spacial score (nSPS) is 13.7. The SMILES string of the molecule is CCOC(=O)/C(=C(\C)[O-])C(OC)c1ccc(Cl)cc1. The van der Waals surface area contributed by atoms with Crippen molar-refractivity contribution in [2.24, 2.45) is 0 Å². The van der Waals surface area contributed by atoms with Gasteiger partial charge in [0, 0.05) is 12.1 Å². The molecular weight excluding hydrogens is 268 g/mol. The first-order chi connectivity index (χ1) is 9.01. The molecule has 1 aromatic carbocycles. The van der Waals surface area contributed by atoms with Crippen molar-refractivity contribution in [3.05, 3.63) is 46.2 Å². The van der Waals surface area contributed by atoms with Gasteiger partial charge in [0.25, 0.3) is 0 Å². The first-order valence-corrected chi connectivity index (χ1v) is 6.22. The number of hydrogen-bond acceptors (Lipinski definition) is 4. The molecule has 0 N–H and O–H groups in total. The summed E-state index contributed by atoms with van der Waals surface area (Å²) in [5.74, 6) is -1.03. The number of methoxy groups -OCH3 is 1. The van der Waals surface area contributed by atoms with Crippen molar-refractivity contribution in [2.75, 3.05) is 13.7 Å². The van der Waals surface area contributed by atoms with Crippen LogP contribution in [-0.4, -0.2) is 19.7 Å². The maximum Gasteiger partial charge on any atom is 0.336 e. The molecule has 0 bridgehead atoms. The Bertz CT molecular complexity index is 461. The van der Waals surface area contributed by atoms with Crippen LogP contribution in [0.3, 0.4) is 0 Å². The maximum atomic E-state index is 11.8. The monoisotopic (exact) mass is 283 g/mol. The van der Waals surface area contributed by atoms with Gasteiger partial charge in [-0.3, -0.25) is 0 Å². The Morgan fingerprint density at radius 2 is 1.95 bits per heavy atom. The number of ether oxygens (including phenoxy) is 2. The lowest BCUT2D eigenvalue weighted by Gasteiger charge is -2.23. The number of rotatable bonds is 5. The molecule has 19 heavy (non-hydrogen) atoms. The summed E-state index contributed by atoms with van der Waals surface area (Å²) in [5.41, 5.74) is 0.650. The Kier molecular flexibility index (Phi) is 5.86. The fourth-order valence-corrected chi connectivity index (χ4v) is 1.83. The van der Waals surface area contributed by atoms with E-state index in [9.17, 15) is 9.90 Å². The summed E-state index contributed by atoms with van der Waals surface area (Å²) in [5, 5.41) is 12.2. The molecule has 1 unspecified atom stereocenters. The van der Waals surface area contributed by atoms with Crippen LogP contribution < -0.4 is 5.11 Å². The standard InChI is InChI=1S/C14H17ClO4/c1-4-19-14(17)12(9(2)16)13(18-3)10-5-7-11(15)8-6-10/h5-8,13,16H,4H2,1-3H3/p-1/b12-9+. The van der Waals surface area contributed by atoms with Crippen molar-refractivity contribution in [1.82, 2.24) is 0 Å². The van der Waals surface area contributed by atoms with Gasteiger partial charge in [0.1, 0.15) is 6.10 Å². The van der Waals surface area contributed by atoms with Crippen LogP contribution >= 0.6 is 11.6 Å². The lowest BCUT2D eigenvalue weighted by Crippen LogP contribution is -2.21. The summed E-state index contributed by atoms with van der Waals surface area (Å²) in [7, 11) is 1.43. The van der Waals surface area contributed by atoms with Crippen molar-refractivity contribution < 1.29 is 19.4 Å². The molecule has 0 aliphatic carbocycles. The van der Waals surface area contributed by atoms with Gasteiger partial charge in [-0.1, -0.05) is 30.7 Å². The largest absolute Gasteiger partial charge is 0.875 e. The number of carbonyl (C=O) groups excluding carboxylic acids is 1. The molecule has 0 radical (unpaired) electrons. The number of carbonyl (C=O) groups is 1. The molecule has 4 nitrogen and oxygen atoms in total. The molecule has 1 aromatic rings. The quantitative estimate of drug-likeness (QED) is 0.472. The van der Waals surface area contributed by atoms with Crippen LogP contribution in [0.25, 0.3) is 0 Å². The van der Waals surface area contributed by atoms with Crippen molar-refractivity contribution >= 4 is 17.6 Å². The van der Waals surface area contributed by atoms with Crippen LogP contribution in [0.1, 0.15) is 25.5 Å². The summed E-state index contributed by atoms with van der Waals surface area (Å²) in [6.45, 7) is 3.20. The Morgan fingerprint density at radius 1 is 1.37 bits per heavy atom. The van der Waals surface area contributed by atoms with Crippen molar-refractivity contribution in [3.8, 4) is 0 Å². The molecule has 0 saturated heterocycles. The van der Waals surface area contributed by atoms with Gasteiger partial charge in [0.15, 0.2) is 0 Å². The minimum Gasteiger partial charge on any atom is -0.875 e. The third-order valence-corrected chi connectivity index (χ3v) is 2.80. The summed E-state index contributed by atoms with van der Waals surface area (Å²) < 4.78 is 10.2. The smallest absolute Gasteiger partial charge is 0.336 e. The van der Waals surface area contributed by atoms with Crippen LogP contribution in [-0.2, 0) is 14.3 Å². The van der Waals surface area contributed by atoms with Gasteiger partial charge in [0.2, 0.25) is 0 Å². The van der Waals surface area contributed by atoms with E-state index in [1.165, 1.54) is 14.0 Å². The fraction of sp³-hybridized carbons (Fsp3) is 0.357. The van der Waals surface area contributed by atoms with Gasteiger partial charge in [0.05, 0.1) is 12.2 Å². The highest BCUT2D eigenvalue weighted by atomic mass is 35.5. The molecule has 0 saturated carbocycles. The predicted octanol–water partition coefficient (Wildman–Crippen LogP) is 2.22. The van der Waals surface area contributed by atoms with Crippen molar-refractivity contribution in [3.63, 3.8) is 0 Å². The van der Waals surface area contributed by atoms with E-state index in [-0.39, 0.29) is 17.9 Å². The van der Waals surface area contributed by atoms with Crippen LogP contribution in [0.4, 0.5) is 0 Å². The second-order valence-electron chi connectivity index (χ2n) is 3.86. The number of halogens is 1. The van der Waals surface area contributed by atoms with Crippen molar-refractivity contribution in [1.29, 1.82) is 0 Å². The van der Waals surface area contributed by atoms with E-state index in [1.807, 2.05) is 0 Å². The highest BCUT2D eigenvalue weighted by Gasteiger charge is 2.23. The van der Waals surface area contributed by atoms with E-state index in [0.29, 0.717) is 10.6 Å². The molecular formula is C14H16ClO4-. The second-order valence-corrected chi connectivity index (χ2v) is 4.29. The molecule has 0 amide bonds. The molecule has 104 valence electrons. The third kappa shape index (κ3) is 3.98. The Morgan fingerprint density at radius 3 is 2.37 bits per heavy atom. The van der Waals surface area contributed by atoms with Gasteiger partial charge < -0.3 is 14.6 Å². The average molecular weight is 284 g/mol.